The molecule has 0 spiro atoms. The number of aliphatic imine (C=N–C) groups is 2. The minimum atomic E-state index is -0.152. The summed E-state index contributed by atoms with van der Waals surface area (Å²) in [6.07, 6.45) is 27.4. The summed E-state index contributed by atoms with van der Waals surface area (Å²) in [5.41, 5.74) is -0.171. The lowest BCUT2D eigenvalue weighted by Gasteiger charge is -2.51. The predicted octanol–water partition coefficient (Wildman–Crippen LogP) is 10.9. The average molecular weight is 595 g/mol. The molecule has 0 N–H and O–H groups in total. The second-order valence-electron chi connectivity index (χ2n) is 18.0. The third-order valence-corrected chi connectivity index (χ3v) is 12.9. The molecule has 0 saturated heterocycles. The van der Waals surface area contributed by atoms with Gasteiger partial charge in [-0.25, -0.2) is 9.98 Å². The first kappa shape index (κ1) is 31.9. The van der Waals surface area contributed by atoms with Crippen molar-refractivity contribution >= 4 is 11.8 Å². The van der Waals surface area contributed by atoms with E-state index in [-0.39, 0.29) is 34.1 Å². The van der Waals surface area contributed by atoms with E-state index in [9.17, 15) is 0 Å². The second-order valence-corrected chi connectivity index (χ2v) is 18.0. The Hall–Kier alpha value is -1.06. The van der Waals surface area contributed by atoms with E-state index in [2.05, 4.69) is 41.5 Å². The van der Waals surface area contributed by atoms with Crippen LogP contribution in [0, 0.1) is 34.5 Å². The van der Waals surface area contributed by atoms with Gasteiger partial charge in [0, 0.05) is 23.7 Å². The van der Waals surface area contributed by atoms with E-state index in [0.29, 0.717) is 30.1 Å². The molecule has 43 heavy (non-hydrogen) atoms. The number of ether oxygens (including phenoxy) is 2. The van der Waals surface area contributed by atoms with Gasteiger partial charge in [-0.1, -0.05) is 119 Å². The Balaban J connectivity index is 1.34. The van der Waals surface area contributed by atoms with Crippen LogP contribution in [0.4, 0.5) is 0 Å². The molecule has 4 fully saturated rings. The molecular weight excluding hydrogens is 528 g/mol. The summed E-state index contributed by atoms with van der Waals surface area (Å²) in [6, 6.07) is 0.422. The molecule has 0 aromatic rings. The molecule has 0 bridgehead atoms. The predicted molar refractivity (Wildman–Crippen MR) is 180 cm³/mol. The van der Waals surface area contributed by atoms with E-state index in [1.165, 1.54) is 128 Å². The molecule has 0 radical (unpaired) electrons. The van der Waals surface area contributed by atoms with Crippen molar-refractivity contribution in [3.63, 3.8) is 0 Å². The van der Waals surface area contributed by atoms with Gasteiger partial charge in [0.25, 0.3) is 0 Å². The molecule has 6 aliphatic rings. The lowest BCUT2D eigenvalue weighted by molar-refractivity contribution is -0.104. The summed E-state index contributed by atoms with van der Waals surface area (Å²) in [4.78, 5) is 11.2. The van der Waals surface area contributed by atoms with Crippen LogP contribution in [0.3, 0.4) is 0 Å². The summed E-state index contributed by atoms with van der Waals surface area (Å²) in [7, 11) is 0. The normalized spacial score (nSPS) is 31.8. The van der Waals surface area contributed by atoms with Gasteiger partial charge >= 0.3 is 0 Å². The van der Waals surface area contributed by atoms with E-state index >= 15 is 0 Å². The van der Waals surface area contributed by atoms with Gasteiger partial charge in [-0.05, 0) is 62.2 Å². The highest BCUT2D eigenvalue weighted by molar-refractivity contribution is 5.99. The summed E-state index contributed by atoms with van der Waals surface area (Å²) < 4.78 is 15.0. The van der Waals surface area contributed by atoms with Crippen molar-refractivity contribution in [1.29, 1.82) is 0 Å². The van der Waals surface area contributed by atoms with E-state index in [1.54, 1.807) is 0 Å². The van der Waals surface area contributed by atoms with Gasteiger partial charge in [0.05, 0.1) is 18.5 Å². The van der Waals surface area contributed by atoms with Crippen LogP contribution in [0.25, 0.3) is 0 Å². The Labute approximate surface area is 265 Å². The Bertz CT molecular complexity index is 875. The van der Waals surface area contributed by atoms with Crippen molar-refractivity contribution in [3.05, 3.63) is 0 Å². The first-order valence-electron chi connectivity index (χ1n) is 19.1. The molecule has 2 heterocycles. The van der Waals surface area contributed by atoms with Gasteiger partial charge in [-0.3, -0.25) is 0 Å². The Kier molecular flexibility index (Phi) is 9.36. The molecule has 0 unspecified atom stereocenters. The van der Waals surface area contributed by atoms with Gasteiger partial charge < -0.3 is 9.47 Å². The van der Waals surface area contributed by atoms with E-state index in [0.717, 1.165) is 11.8 Å². The average Bonchev–Trinajstić information content (AvgIpc) is 3.60. The molecule has 0 amide bonds. The highest BCUT2D eigenvalue weighted by atomic mass is 16.5. The van der Waals surface area contributed by atoms with Gasteiger partial charge in [-0.15, -0.1) is 0 Å². The van der Waals surface area contributed by atoms with E-state index < -0.39 is 0 Å². The molecule has 2 aliphatic heterocycles. The second kappa shape index (κ2) is 12.6. The van der Waals surface area contributed by atoms with Gasteiger partial charge in [-0.2, -0.15) is 0 Å². The Morgan fingerprint density at radius 3 is 0.953 bits per heavy atom. The largest absolute Gasteiger partial charge is 0.471 e. The number of hydrogen-bond acceptors (Lipinski definition) is 4. The molecule has 0 aromatic heterocycles. The third-order valence-electron chi connectivity index (χ3n) is 12.9. The Morgan fingerprint density at radius 2 is 0.721 bits per heavy atom. The van der Waals surface area contributed by atoms with E-state index in [1.807, 2.05) is 0 Å². The zero-order chi connectivity index (χ0) is 30.3. The van der Waals surface area contributed by atoms with Crippen LogP contribution in [0.15, 0.2) is 9.98 Å². The molecule has 2 atom stereocenters. The molecule has 4 heteroatoms. The summed E-state index contributed by atoms with van der Waals surface area (Å²) >= 11 is 0. The zero-order valence-electron chi connectivity index (χ0n) is 29.0. The van der Waals surface area contributed by atoms with E-state index in [4.69, 9.17) is 19.5 Å². The molecular formula is C39H66N2O2. The van der Waals surface area contributed by atoms with Crippen LogP contribution >= 0.6 is 0 Å². The van der Waals surface area contributed by atoms with Gasteiger partial charge in [0.1, 0.15) is 11.2 Å². The fourth-order valence-electron chi connectivity index (χ4n) is 11.2. The quantitative estimate of drug-likeness (QED) is 0.307. The lowest BCUT2D eigenvalue weighted by Crippen LogP contribution is -2.58. The maximum Gasteiger partial charge on any atom is 0.193 e. The maximum atomic E-state index is 7.50. The van der Waals surface area contributed by atoms with Crippen LogP contribution in [-0.4, -0.2) is 35.1 Å². The summed E-state index contributed by atoms with van der Waals surface area (Å²) in [5, 5.41) is 0. The first-order valence-corrected chi connectivity index (χ1v) is 19.1. The SMILES string of the molecule is CC(C)(C)[C@H]1N=C(CC2=N[C@H](C(C)(C)C)C(C3CCCCC3)(C3CCCCC3)O2)OC1(C1CCCCC1)C1CCCCC1. The van der Waals surface area contributed by atoms with Crippen LogP contribution in [0.1, 0.15) is 176 Å². The molecule has 6 rings (SSSR count). The number of hydrogen-bond donors (Lipinski definition) is 0. The molecule has 0 aromatic carbocycles. The maximum absolute atomic E-state index is 7.50. The molecule has 4 aliphatic carbocycles. The van der Waals surface area contributed by atoms with Crippen molar-refractivity contribution in [1.82, 2.24) is 0 Å². The smallest absolute Gasteiger partial charge is 0.193 e. The van der Waals surface area contributed by atoms with Gasteiger partial charge in [0.15, 0.2) is 11.8 Å². The lowest BCUT2D eigenvalue weighted by atomic mass is 9.59. The van der Waals surface area contributed by atoms with Crippen molar-refractivity contribution in [3.8, 4) is 0 Å². The standard InChI is InChI=1S/C39H66N2O2/c1-36(2,3)34-38(28-19-11-7-12-20-28,29-21-13-8-14-22-29)42-32(40-34)27-33-41-35(37(4,5)6)39(43-33,30-23-15-9-16-24-30)31-25-17-10-18-26-31/h28-31,34-35H,7-27H2,1-6H3/t34-,35-/m1/s1. The van der Waals surface area contributed by atoms with Crippen LogP contribution < -0.4 is 0 Å². The van der Waals surface area contributed by atoms with Crippen molar-refractivity contribution < 1.29 is 9.47 Å². The number of rotatable bonds is 6. The summed E-state index contributed by atoms with van der Waals surface area (Å²) in [6.45, 7) is 14.5. The monoisotopic (exact) mass is 595 g/mol. The van der Waals surface area contributed by atoms with Gasteiger partial charge in [0.2, 0.25) is 0 Å². The fraction of sp³-hybridized carbons (Fsp3) is 0.949. The zero-order valence-corrected chi connectivity index (χ0v) is 29.0. The topological polar surface area (TPSA) is 43.2 Å². The highest BCUT2D eigenvalue weighted by Crippen LogP contribution is 2.56. The molecule has 4 saturated carbocycles. The van der Waals surface area contributed by atoms with Crippen molar-refractivity contribution in [2.24, 2.45) is 44.5 Å². The van der Waals surface area contributed by atoms with Crippen LogP contribution in [0.5, 0.6) is 0 Å². The minimum Gasteiger partial charge on any atom is -0.471 e. The van der Waals surface area contributed by atoms with Crippen LogP contribution in [0.2, 0.25) is 0 Å². The van der Waals surface area contributed by atoms with Crippen molar-refractivity contribution in [2.75, 3.05) is 0 Å². The Morgan fingerprint density at radius 1 is 0.465 bits per heavy atom. The summed E-state index contributed by atoms with van der Waals surface area (Å²) in [5.74, 6) is 4.37. The third kappa shape index (κ3) is 6.09. The highest BCUT2D eigenvalue weighted by Gasteiger charge is 2.62. The van der Waals surface area contributed by atoms with Crippen molar-refractivity contribution in [2.45, 2.75) is 200 Å². The molecule has 244 valence electrons. The van der Waals surface area contributed by atoms with Crippen LogP contribution in [-0.2, 0) is 9.47 Å². The fourth-order valence-corrected chi connectivity index (χ4v) is 11.2. The first-order chi connectivity index (χ1) is 20.5. The minimum absolute atomic E-state index is 0.0664. The number of nitrogens with zero attached hydrogens (tertiary/aromatic N) is 2. The molecule has 4 nitrogen and oxygen atoms in total.